The van der Waals surface area contributed by atoms with Crippen LogP contribution in [0.25, 0.3) is 11.0 Å². The smallest absolute Gasteiger partial charge is 0.349 e. The Kier molecular flexibility index (Phi) is 3.75. The van der Waals surface area contributed by atoms with Gasteiger partial charge in [0, 0.05) is 5.39 Å². The van der Waals surface area contributed by atoms with E-state index >= 15 is 0 Å². The molecule has 2 heterocycles. The van der Waals surface area contributed by atoms with Crippen molar-refractivity contribution in [3.8, 4) is 0 Å². The zero-order chi connectivity index (χ0) is 14.8. The minimum atomic E-state index is -0.552. The Balaban J connectivity index is 1.88. The molecule has 0 saturated carbocycles. The van der Waals surface area contributed by atoms with E-state index in [0.717, 1.165) is 25.0 Å². The number of amides is 1. The number of rotatable bonds is 2. The molecule has 0 spiro atoms. The van der Waals surface area contributed by atoms with Crippen molar-refractivity contribution in [2.75, 3.05) is 32.7 Å². The molecule has 1 aromatic carbocycles. The van der Waals surface area contributed by atoms with E-state index in [1.54, 1.807) is 23.1 Å². The van der Waals surface area contributed by atoms with Gasteiger partial charge in [0.1, 0.15) is 11.1 Å². The maximum Gasteiger partial charge on any atom is 0.349 e. The Labute approximate surface area is 122 Å². The molecule has 2 aromatic rings. The first kappa shape index (κ1) is 13.8. The lowest BCUT2D eigenvalue weighted by molar-refractivity contribution is -0.902. The number of para-hydroxylation sites is 1. The van der Waals surface area contributed by atoms with Crippen molar-refractivity contribution >= 4 is 16.9 Å². The molecule has 1 N–H and O–H groups in total. The predicted molar refractivity (Wildman–Crippen MR) is 79.6 cm³/mol. The monoisotopic (exact) mass is 287 g/mol. The second-order valence-corrected chi connectivity index (χ2v) is 5.38. The average Bonchev–Trinajstić information content (AvgIpc) is 2.53. The summed E-state index contributed by atoms with van der Waals surface area (Å²) in [6, 6.07) is 8.88. The number of nitrogens with zero attached hydrogens (tertiary/aromatic N) is 1. The van der Waals surface area contributed by atoms with Crippen LogP contribution in [0.4, 0.5) is 0 Å². The molecule has 1 aliphatic heterocycles. The number of quaternary nitrogens is 1. The standard InChI is InChI=1S/C16H18N2O3/c1-2-17-7-9-18(10-8-17)15(19)13-11-12-5-3-4-6-14(12)21-16(13)20/h3-6,11H,2,7-10H2,1H3/p+1. The molecule has 0 radical (unpaired) electrons. The summed E-state index contributed by atoms with van der Waals surface area (Å²) in [7, 11) is 0. The molecular formula is C16H19N2O3+. The van der Waals surface area contributed by atoms with E-state index in [-0.39, 0.29) is 11.5 Å². The van der Waals surface area contributed by atoms with Crippen LogP contribution >= 0.6 is 0 Å². The van der Waals surface area contributed by atoms with Gasteiger partial charge in [-0.3, -0.25) is 4.79 Å². The van der Waals surface area contributed by atoms with Crippen LogP contribution in [0, 0.1) is 0 Å². The van der Waals surface area contributed by atoms with Gasteiger partial charge in [0.05, 0.1) is 32.7 Å². The van der Waals surface area contributed by atoms with Gasteiger partial charge in [-0.25, -0.2) is 4.79 Å². The van der Waals surface area contributed by atoms with Gasteiger partial charge in [0.25, 0.3) is 5.91 Å². The number of carbonyl (C=O) groups is 1. The lowest BCUT2D eigenvalue weighted by atomic mass is 10.1. The van der Waals surface area contributed by atoms with Crippen molar-refractivity contribution < 1.29 is 14.1 Å². The molecule has 0 bridgehead atoms. The van der Waals surface area contributed by atoms with Crippen LogP contribution in [0.3, 0.4) is 0 Å². The van der Waals surface area contributed by atoms with Gasteiger partial charge in [-0.15, -0.1) is 0 Å². The summed E-state index contributed by atoms with van der Waals surface area (Å²) >= 11 is 0. The zero-order valence-corrected chi connectivity index (χ0v) is 12.1. The molecule has 0 aliphatic carbocycles. The number of nitrogens with one attached hydrogen (secondary N) is 1. The zero-order valence-electron chi connectivity index (χ0n) is 12.1. The van der Waals surface area contributed by atoms with Gasteiger partial charge in [-0.1, -0.05) is 18.2 Å². The van der Waals surface area contributed by atoms with Crippen molar-refractivity contribution in [2.24, 2.45) is 0 Å². The lowest BCUT2D eigenvalue weighted by Crippen LogP contribution is -3.14. The number of carbonyl (C=O) groups excluding carboxylic acids is 1. The number of benzene rings is 1. The molecule has 1 aromatic heterocycles. The summed E-state index contributed by atoms with van der Waals surface area (Å²) in [5.74, 6) is -0.218. The first-order valence-electron chi connectivity index (χ1n) is 7.35. The third kappa shape index (κ3) is 2.69. The SMILES string of the molecule is CC[NH+]1CCN(C(=O)c2cc3ccccc3oc2=O)CC1. The largest absolute Gasteiger partial charge is 0.422 e. The van der Waals surface area contributed by atoms with Crippen molar-refractivity contribution in [3.05, 3.63) is 46.3 Å². The highest BCUT2D eigenvalue weighted by molar-refractivity contribution is 5.96. The van der Waals surface area contributed by atoms with Crippen LogP contribution in [0.1, 0.15) is 17.3 Å². The average molecular weight is 287 g/mol. The summed E-state index contributed by atoms with van der Waals surface area (Å²) in [6.07, 6.45) is 0. The van der Waals surface area contributed by atoms with E-state index in [4.69, 9.17) is 4.42 Å². The second kappa shape index (κ2) is 5.69. The van der Waals surface area contributed by atoms with Crippen LogP contribution in [-0.4, -0.2) is 43.5 Å². The van der Waals surface area contributed by atoms with Crippen LogP contribution in [0.2, 0.25) is 0 Å². The molecule has 5 heteroatoms. The van der Waals surface area contributed by atoms with E-state index in [2.05, 4.69) is 6.92 Å². The summed E-state index contributed by atoms with van der Waals surface area (Å²) in [4.78, 5) is 27.8. The molecule has 1 saturated heterocycles. The Bertz CT molecular complexity index is 715. The van der Waals surface area contributed by atoms with Crippen molar-refractivity contribution in [1.82, 2.24) is 4.90 Å². The highest BCUT2D eigenvalue weighted by atomic mass is 16.4. The number of hydrogen-bond acceptors (Lipinski definition) is 3. The Hall–Kier alpha value is -2.14. The van der Waals surface area contributed by atoms with E-state index in [0.29, 0.717) is 18.7 Å². The lowest BCUT2D eigenvalue weighted by Gasteiger charge is -2.31. The molecule has 0 unspecified atom stereocenters. The molecular weight excluding hydrogens is 268 g/mol. The topological polar surface area (TPSA) is 55.0 Å². The molecule has 1 amide bonds. The normalized spacial score (nSPS) is 16.3. The molecule has 5 nitrogen and oxygen atoms in total. The predicted octanol–water partition coefficient (Wildman–Crippen LogP) is 0.154. The molecule has 1 aliphatic rings. The van der Waals surface area contributed by atoms with Gasteiger partial charge in [-0.2, -0.15) is 0 Å². The minimum Gasteiger partial charge on any atom is -0.422 e. The molecule has 21 heavy (non-hydrogen) atoms. The van der Waals surface area contributed by atoms with Gasteiger partial charge in [0.2, 0.25) is 0 Å². The second-order valence-electron chi connectivity index (χ2n) is 5.38. The van der Waals surface area contributed by atoms with E-state index < -0.39 is 5.63 Å². The van der Waals surface area contributed by atoms with Crippen molar-refractivity contribution in [3.63, 3.8) is 0 Å². The quantitative estimate of drug-likeness (QED) is 0.800. The third-order valence-corrected chi connectivity index (χ3v) is 4.13. The maximum atomic E-state index is 12.5. The van der Waals surface area contributed by atoms with Gasteiger partial charge in [0.15, 0.2) is 0 Å². The van der Waals surface area contributed by atoms with Gasteiger partial charge < -0.3 is 14.2 Å². The summed E-state index contributed by atoms with van der Waals surface area (Å²) in [5.41, 5.74) is 0.0944. The Morgan fingerprint density at radius 1 is 1.29 bits per heavy atom. The van der Waals surface area contributed by atoms with Gasteiger partial charge >= 0.3 is 5.63 Å². The summed E-state index contributed by atoms with van der Waals surface area (Å²) in [5, 5.41) is 0.776. The summed E-state index contributed by atoms with van der Waals surface area (Å²) in [6.45, 7) is 6.45. The van der Waals surface area contributed by atoms with Crippen LogP contribution in [-0.2, 0) is 0 Å². The third-order valence-electron chi connectivity index (χ3n) is 4.13. The number of fused-ring (bicyclic) bond motifs is 1. The van der Waals surface area contributed by atoms with Crippen molar-refractivity contribution in [2.45, 2.75) is 6.92 Å². The minimum absolute atomic E-state index is 0.133. The van der Waals surface area contributed by atoms with E-state index in [1.807, 2.05) is 12.1 Å². The van der Waals surface area contributed by atoms with Gasteiger partial charge in [-0.05, 0) is 19.1 Å². The molecule has 0 atom stereocenters. The number of piperazine rings is 1. The van der Waals surface area contributed by atoms with E-state index in [9.17, 15) is 9.59 Å². The fraction of sp³-hybridized carbons (Fsp3) is 0.375. The van der Waals surface area contributed by atoms with Crippen LogP contribution < -0.4 is 10.5 Å². The first-order valence-corrected chi connectivity index (χ1v) is 7.35. The highest BCUT2D eigenvalue weighted by Crippen LogP contribution is 2.13. The fourth-order valence-electron chi connectivity index (χ4n) is 2.76. The van der Waals surface area contributed by atoms with Crippen molar-refractivity contribution in [1.29, 1.82) is 0 Å². The molecule has 110 valence electrons. The highest BCUT2D eigenvalue weighted by Gasteiger charge is 2.25. The number of hydrogen-bond donors (Lipinski definition) is 1. The maximum absolute atomic E-state index is 12.5. The van der Waals surface area contributed by atoms with Crippen LogP contribution in [0.5, 0.6) is 0 Å². The molecule has 3 rings (SSSR count). The molecule has 1 fully saturated rings. The van der Waals surface area contributed by atoms with E-state index in [1.165, 1.54) is 4.90 Å². The fourth-order valence-corrected chi connectivity index (χ4v) is 2.76. The summed E-state index contributed by atoms with van der Waals surface area (Å²) < 4.78 is 5.24. The first-order chi connectivity index (χ1) is 10.2. The Morgan fingerprint density at radius 3 is 2.71 bits per heavy atom. The number of likely N-dealkylation sites (N-methyl/N-ethyl adjacent to an activating group) is 1. The Morgan fingerprint density at radius 2 is 2.00 bits per heavy atom. The van der Waals surface area contributed by atoms with Crippen LogP contribution in [0.15, 0.2) is 39.5 Å².